The zero-order chi connectivity index (χ0) is 8.93. The molecule has 0 bridgehead atoms. The average Bonchev–Trinajstić information content (AvgIpc) is 2.21. The van der Waals surface area contributed by atoms with E-state index < -0.39 is 0 Å². The highest BCUT2D eigenvalue weighted by atomic mass is 32.2. The fourth-order valence-corrected chi connectivity index (χ4v) is 2.69. The van der Waals surface area contributed by atoms with Crippen molar-refractivity contribution in [2.75, 3.05) is 0 Å². The second-order valence-corrected chi connectivity index (χ2v) is 4.64. The highest BCUT2D eigenvalue weighted by Gasteiger charge is 2.08. The highest BCUT2D eigenvalue weighted by Crippen LogP contribution is 2.29. The molecule has 68 valence electrons. The highest BCUT2D eigenvalue weighted by molar-refractivity contribution is 8.00. The maximum atomic E-state index is 2.35. The Morgan fingerprint density at radius 1 is 1.15 bits per heavy atom. The molecule has 0 spiro atoms. The zero-order valence-corrected chi connectivity index (χ0v) is 8.46. The summed E-state index contributed by atoms with van der Waals surface area (Å²) in [6, 6.07) is 10.7. The third-order valence-corrected chi connectivity index (χ3v) is 3.48. The molecule has 0 fully saturated rings. The molecule has 0 aliphatic heterocycles. The van der Waals surface area contributed by atoms with Crippen molar-refractivity contribution < 1.29 is 0 Å². The molecule has 0 saturated carbocycles. The van der Waals surface area contributed by atoms with Gasteiger partial charge in [0.1, 0.15) is 0 Å². The van der Waals surface area contributed by atoms with Gasteiger partial charge in [0.25, 0.3) is 0 Å². The summed E-state index contributed by atoms with van der Waals surface area (Å²) in [5.74, 6) is 0. The van der Waals surface area contributed by atoms with E-state index >= 15 is 0 Å². The van der Waals surface area contributed by atoms with Crippen LogP contribution in [0.2, 0.25) is 0 Å². The summed E-state index contributed by atoms with van der Waals surface area (Å²) < 4.78 is 0. The van der Waals surface area contributed by atoms with E-state index in [1.807, 2.05) is 11.8 Å². The van der Waals surface area contributed by atoms with Gasteiger partial charge in [0.05, 0.1) is 0 Å². The minimum atomic E-state index is 0.705. The van der Waals surface area contributed by atoms with Gasteiger partial charge in [-0.05, 0) is 31.4 Å². The molecular formula is C12H14S. The van der Waals surface area contributed by atoms with Gasteiger partial charge in [0, 0.05) is 10.1 Å². The molecule has 1 heteroatoms. The summed E-state index contributed by atoms with van der Waals surface area (Å²) in [6.07, 6.45) is 8.61. The van der Waals surface area contributed by atoms with E-state index in [9.17, 15) is 0 Å². The fraction of sp³-hybridized carbons (Fsp3) is 0.333. The normalized spacial score (nSPS) is 21.7. The Hall–Kier alpha value is -0.690. The molecule has 1 aromatic rings. The van der Waals surface area contributed by atoms with Crippen LogP contribution in [-0.2, 0) is 0 Å². The monoisotopic (exact) mass is 190 g/mol. The van der Waals surface area contributed by atoms with Crippen LogP contribution in [0, 0.1) is 0 Å². The van der Waals surface area contributed by atoms with Gasteiger partial charge in [-0.3, -0.25) is 0 Å². The first kappa shape index (κ1) is 8.89. The lowest BCUT2D eigenvalue weighted by molar-refractivity contribution is 0.741. The van der Waals surface area contributed by atoms with Crippen molar-refractivity contribution in [2.45, 2.75) is 29.4 Å². The van der Waals surface area contributed by atoms with Crippen LogP contribution in [0.3, 0.4) is 0 Å². The summed E-state index contributed by atoms with van der Waals surface area (Å²) in [4.78, 5) is 1.39. The first-order valence-corrected chi connectivity index (χ1v) is 5.71. The standard InChI is InChI=1S/C12H14S/c1-3-7-11(8-4-1)13-12-9-5-2-6-10-12/h1,3-5,7-9,12H,2,6,10H2. The third kappa shape index (κ3) is 2.63. The van der Waals surface area contributed by atoms with Crippen LogP contribution in [0.25, 0.3) is 0 Å². The molecule has 0 radical (unpaired) electrons. The average molecular weight is 190 g/mol. The van der Waals surface area contributed by atoms with Crippen LogP contribution in [0.5, 0.6) is 0 Å². The molecule has 1 aliphatic carbocycles. The Kier molecular flexibility index (Phi) is 3.09. The van der Waals surface area contributed by atoms with Crippen LogP contribution in [-0.4, -0.2) is 5.25 Å². The molecule has 0 N–H and O–H groups in total. The molecule has 1 aliphatic rings. The summed E-state index contributed by atoms with van der Waals surface area (Å²) in [7, 11) is 0. The van der Waals surface area contributed by atoms with Crippen LogP contribution in [0.15, 0.2) is 47.4 Å². The van der Waals surface area contributed by atoms with Gasteiger partial charge >= 0.3 is 0 Å². The first-order chi connectivity index (χ1) is 6.45. The molecular weight excluding hydrogens is 176 g/mol. The largest absolute Gasteiger partial charge is 0.119 e. The Bertz CT molecular complexity index is 276. The molecule has 1 aromatic carbocycles. The van der Waals surface area contributed by atoms with Crippen LogP contribution >= 0.6 is 11.8 Å². The van der Waals surface area contributed by atoms with Crippen molar-refractivity contribution in [2.24, 2.45) is 0 Å². The number of thioether (sulfide) groups is 1. The van der Waals surface area contributed by atoms with E-state index in [1.165, 1.54) is 24.2 Å². The van der Waals surface area contributed by atoms with Crippen molar-refractivity contribution in [3.8, 4) is 0 Å². The number of hydrogen-bond acceptors (Lipinski definition) is 1. The van der Waals surface area contributed by atoms with Crippen LogP contribution in [0.4, 0.5) is 0 Å². The number of allylic oxidation sites excluding steroid dienone is 1. The lowest BCUT2D eigenvalue weighted by Gasteiger charge is -2.15. The van der Waals surface area contributed by atoms with E-state index in [0.29, 0.717) is 5.25 Å². The Labute approximate surface area is 84.0 Å². The first-order valence-electron chi connectivity index (χ1n) is 4.83. The van der Waals surface area contributed by atoms with Crippen molar-refractivity contribution >= 4 is 11.8 Å². The maximum Gasteiger partial charge on any atom is 0.0274 e. The van der Waals surface area contributed by atoms with E-state index in [2.05, 4.69) is 42.5 Å². The van der Waals surface area contributed by atoms with E-state index in [0.717, 1.165) is 0 Å². The van der Waals surface area contributed by atoms with Gasteiger partial charge in [-0.2, -0.15) is 0 Å². The van der Waals surface area contributed by atoms with Gasteiger partial charge < -0.3 is 0 Å². The molecule has 13 heavy (non-hydrogen) atoms. The molecule has 0 heterocycles. The Morgan fingerprint density at radius 2 is 2.00 bits per heavy atom. The van der Waals surface area contributed by atoms with Crippen LogP contribution in [0.1, 0.15) is 19.3 Å². The summed E-state index contributed by atoms with van der Waals surface area (Å²) in [5.41, 5.74) is 0. The van der Waals surface area contributed by atoms with Gasteiger partial charge in [0.15, 0.2) is 0 Å². The topological polar surface area (TPSA) is 0 Å². The second-order valence-electron chi connectivity index (χ2n) is 3.33. The minimum absolute atomic E-state index is 0.705. The molecule has 0 saturated heterocycles. The van der Waals surface area contributed by atoms with Crippen molar-refractivity contribution in [1.82, 2.24) is 0 Å². The number of benzene rings is 1. The van der Waals surface area contributed by atoms with E-state index in [1.54, 1.807) is 0 Å². The van der Waals surface area contributed by atoms with Crippen molar-refractivity contribution in [3.05, 3.63) is 42.5 Å². The molecule has 1 unspecified atom stereocenters. The SMILES string of the molecule is C1=CC(Sc2ccccc2)CCC1. The summed E-state index contributed by atoms with van der Waals surface area (Å²) in [6.45, 7) is 0. The third-order valence-electron chi connectivity index (χ3n) is 2.24. The maximum absolute atomic E-state index is 2.35. The lowest BCUT2D eigenvalue weighted by Crippen LogP contribution is -2.01. The van der Waals surface area contributed by atoms with Gasteiger partial charge in [-0.1, -0.05) is 30.4 Å². The Balaban J connectivity index is 1.98. The van der Waals surface area contributed by atoms with Crippen LogP contribution < -0.4 is 0 Å². The lowest BCUT2D eigenvalue weighted by atomic mass is 10.1. The predicted molar refractivity (Wildman–Crippen MR) is 59.1 cm³/mol. The predicted octanol–water partition coefficient (Wildman–Crippen LogP) is 3.89. The quantitative estimate of drug-likeness (QED) is 0.638. The number of rotatable bonds is 2. The summed E-state index contributed by atoms with van der Waals surface area (Å²) in [5, 5.41) is 0.705. The van der Waals surface area contributed by atoms with Crippen molar-refractivity contribution in [3.63, 3.8) is 0 Å². The number of hydrogen-bond donors (Lipinski definition) is 0. The molecule has 0 nitrogen and oxygen atoms in total. The van der Waals surface area contributed by atoms with Crippen molar-refractivity contribution in [1.29, 1.82) is 0 Å². The molecule has 0 amide bonds. The van der Waals surface area contributed by atoms with E-state index in [4.69, 9.17) is 0 Å². The molecule has 1 atom stereocenters. The van der Waals surface area contributed by atoms with Gasteiger partial charge in [-0.15, -0.1) is 11.8 Å². The fourth-order valence-electron chi connectivity index (χ4n) is 1.55. The van der Waals surface area contributed by atoms with Gasteiger partial charge in [0.2, 0.25) is 0 Å². The minimum Gasteiger partial charge on any atom is -0.119 e. The molecule has 2 rings (SSSR count). The smallest absolute Gasteiger partial charge is 0.0274 e. The van der Waals surface area contributed by atoms with E-state index in [-0.39, 0.29) is 0 Å². The second kappa shape index (κ2) is 4.52. The Morgan fingerprint density at radius 3 is 2.69 bits per heavy atom. The van der Waals surface area contributed by atoms with Gasteiger partial charge in [-0.25, -0.2) is 0 Å². The molecule has 0 aromatic heterocycles. The summed E-state index contributed by atoms with van der Waals surface area (Å²) >= 11 is 1.98. The zero-order valence-electron chi connectivity index (χ0n) is 7.65.